The molecule has 1 aromatic carbocycles. The molecule has 2 aromatic rings. The van der Waals surface area contributed by atoms with Crippen LogP contribution in [0.1, 0.15) is 23.4 Å². The Hall–Kier alpha value is -2.21. The highest BCUT2D eigenvalue weighted by Gasteiger charge is 2.08. The van der Waals surface area contributed by atoms with Crippen molar-refractivity contribution in [3.63, 3.8) is 0 Å². The van der Waals surface area contributed by atoms with E-state index in [-0.39, 0.29) is 24.0 Å². The average Bonchev–Trinajstić information content (AvgIpc) is 3.10. The van der Waals surface area contributed by atoms with E-state index in [1.54, 1.807) is 23.9 Å². The van der Waals surface area contributed by atoms with Crippen molar-refractivity contribution >= 4 is 23.6 Å². The Morgan fingerprint density at radius 2 is 1.83 bits per heavy atom. The lowest BCUT2D eigenvalue weighted by Gasteiger charge is -2.06. The smallest absolute Gasteiger partial charge is 0.286 e. The zero-order valence-corrected chi connectivity index (χ0v) is 13.6. The second-order valence-corrected chi connectivity index (χ2v) is 6.02. The van der Waals surface area contributed by atoms with Crippen LogP contribution < -0.4 is 10.6 Å². The van der Waals surface area contributed by atoms with Crippen molar-refractivity contribution in [3.8, 4) is 0 Å². The Bertz CT molecular complexity index is 600. The fourth-order valence-corrected chi connectivity index (χ4v) is 2.75. The molecular weight excluding hydrogens is 312 g/mol. The molecule has 5 nitrogen and oxygen atoms in total. The summed E-state index contributed by atoms with van der Waals surface area (Å²) in [6.07, 6.45) is 2.61. The van der Waals surface area contributed by atoms with Crippen LogP contribution in [0.4, 0.5) is 0 Å². The van der Waals surface area contributed by atoms with Gasteiger partial charge in [0.15, 0.2) is 5.76 Å². The second kappa shape index (κ2) is 9.74. The van der Waals surface area contributed by atoms with E-state index in [0.717, 1.165) is 12.2 Å². The van der Waals surface area contributed by atoms with E-state index in [4.69, 9.17) is 4.42 Å². The Kier molecular flexibility index (Phi) is 7.26. The molecule has 0 fully saturated rings. The van der Waals surface area contributed by atoms with E-state index in [2.05, 4.69) is 22.8 Å². The van der Waals surface area contributed by atoms with Crippen LogP contribution in [-0.4, -0.2) is 30.7 Å². The number of rotatable bonds is 9. The number of thioether (sulfide) groups is 1. The predicted octanol–water partition coefficient (Wildman–Crippen LogP) is 2.70. The first-order valence-corrected chi connectivity index (χ1v) is 8.50. The van der Waals surface area contributed by atoms with Crippen molar-refractivity contribution in [3.05, 3.63) is 54.5 Å². The zero-order valence-electron chi connectivity index (χ0n) is 12.8. The van der Waals surface area contributed by atoms with Crippen LogP contribution in [-0.2, 0) is 4.79 Å². The van der Waals surface area contributed by atoms with Crippen LogP contribution in [0.3, 0.4) is 0 Å². The van der Waals surface area contributed by atoms with Crippen molar-refractivity contribution in [2.24, 2.45) is 0 Å². The van der Waals surface area contributed by atoms with Gasteiger partial charge in [-0.15, -0.1) is 11.8 Å². The maximum atomic E-state index is 11.7. The van der Waals surface area contributed by atoms with Gasteiger partial charge in [0.1, 0.15) is 0 Å². The van der Waals surface area contributed by atoms with Gasteiger partial charge < -0.3 is 15.1 Å². The summed E-state index contributed by atoms with van der Waals surface area (Å²) in [5, 5.41) is 5.49. The number of hydrogen-bond donors (Lipinski definition) is 2. The van der Waals surface area contributed by atoms with E-state index in [1.807, 2.05) is 18.2 Å². The molecule has 2 N–H and O–H groups in total. The predicted molar refractivity (Wildman–Crippen MR) is 90.5 cm³/mol. The van der Waals surface area contributed by atoms with Gasteiger partial charge >= 0.3 is 0 Å². The third kappa shape index (κ3) is 6.61. The fraction of sp³-hybridized carbons (Fsp3) is 0.294. The van der Waals surface area contributed by atoms with E-state index in [9.17, 15) is 9.59 Å². The van der Waals surface area contributed by atoms with Crippen LogP contribution in [0, 0.1) is 0 Å². The summed E-state index contributed by atoms with van der Waals surface area (Å²) < 4.78 is 4.97. The quantitative estimate of drug-likeness (QED) is 0.547. The first-order chi connectivity index (χ1) is 11.3. The maximum absolute atomic E-state index is 11.7. The van der Waals surface area contributed by atoms with Gasteiger partial charge in [-0.3, -0.25) is 9.59 Å². The number of hydrogen-bond acceptors (Lipinski definition) is 4. The summed E-state index contributed by atoms with van der Waals surface area (Å²) in [7, 11) is 0. The summed E-state index contributed by atoms with van der Waals surface area (Å²) >= 11 is 1.77. The van der Waals surface area contributed by atoms with Gasteiger partial charge in [-0.1, -0.05) is 18.2 Å². The van der Waals surface area contributed by atoms with Crippen molar-refractivity contribution in [1.82, 2.24) is 10.6 Å². The van der Waals surface area contributed by atoms with Crippen LogP contribution in [0.15, 0.2) is 58.0 Å². The monoisotopic (exact) mass is 332 g/mol. The van der Waals surface area contributed by atoms with Gasteiger partial charge in [-0.05, 0) is 36.4 Å². The number of carbonyl (C=O) groups is 2. The van der Waals surface area contributed by atoms with Crippen LogP contribution in [0.5, 0.6) is 0 Å². The summed E-state index contributed by atoms with van der Waals surface area (Å²) in [6.45, 7) is 0.939. The molecule has 0 saturated heterocycles. The van der Waals surface area contributed by atoms with Gasteiger partial charge in [-0.25, -0.2) is 0 Å². The van der Waals surface area contributed by atoms with Crippen molar-refractivity contribution in [2.75, 3.05) is 18.8 Å². The first-order valence-electron chi connectivity index (χ1n) is 7.52. The molecule has 0 unspecified atom stereocenters. The molecule has 0 aliphatic rings. The van der Waals surface area contributed by atoms with Gasteiger partial charge in [-0.2, -0.15) is 0 Å². The lowest BCUT2D eigenvalue weighted by atomic mass is 10.3. The summed E-state index contributed by atoms with van der Waals surface area (Å²) in [6, 6.07) is 13.4. The molecule has 122 valence electrons. The van der Waals surface area contributed by atoms with E-state index < -0.39 is 0 Å². The van der Waals surface area contributed by atoms with Crippen molar-refractivity contribution in [2.45, 2.75) is 17.7 Å². The lowest BCUT2D eigenvalue weighted by molar-refractivity contribution is -0.120. The molecular formula is C17H20N2O3S. The Balaban J connectivity index is 1.49. The van der Waals surface area contributed by atoms with Gasteiger partial charge in [0.2, 0.25) is 5.91 Å². The third-order valence-corrected chi connectivity index (χ3v) is 4.14. The fourth-order valence-electron chi connectivity index (χ4n) is 1.88. The number of nitrogens with one attached hydrogen (secondary N) is 2. The standard InChI is InChI=1S/C17H20N2O3S/c20-16(9-11-19-17(21)15-8-4-12-22-15)18-10-5-13-23-14-6-2-1-3-7-14/h1-4,6-8,12H,5,9-11,13H2,(H,18,20)(H,19,21). The molecule has 0 atom stereocenters. The molecule has 1 aromatic heterocycles. The maximum Gasteiger partial charge on any atom is 0.286 e. The molecule has 0 aliphatic carbocycles. The highest BCUT2D eigenvalue weighted by molar-refractivity contribution is 7.99. The largest absolute Gasteiger partial charge is 0.459 e. The summed E-state index contributed by atoms with van der Waals surface area (Å²) in [5.41, 5.74) is 0. The molecule has 2 rings (SSSR count). The van der Waals surface area contributed by atoms with E-state index >= 15 is 0 Å². The molecule has 0 spiro atoms. The van der Waals surface area contributed by atoms with Crippen LogP contribution >= 0.6 is 11.8 Å². The second-order valence-electron chi connectivity index (χ2n) is 4.85. The Morgan fingerprint density at radius 3 is 2.57 bits per heavy atom. The Labute approximate surface area is 139 Å². The van der Waals surface area contributed by atoms with Gasteiger partial charge in [0, 0.05) is 24.4 Å². The third-order valence-electron chi connectivity index (χ3n) is 3.04. The molecule has 23 heavy (non-hydrogen) atoms. The number of benzene rings is 1. The normalized spacial score (nSPS) is 10.3. The topological polar surface area (TPSA) is 71.3 Å². The van der Waals surface area contributed by atoms with Crippen molar-refractivity contribution in [1.29, 1.82) is 0 Å². The molecule has 0 saturated carbocycles. The van der Waals surface area contributed by atoms with Crippen LogP contribution in [0.2, 0.25) is 0 Å². The summed E-state index contributed by atoms with van der Waals surface area (Å²) in [4.78, 5) is 24.5. The first kappa shape index (κ1) is 17.1. The highest BCUT2D eigenvalue weighted by Crippen LogP contribution is 2.17. The Morgan fingerprint density at radius 1 is 1.00 bits per heavy atom. The number of carbonyl (C=O) groups excluding carboxylic acids is 2. The van der Waals surface area contributed by atoms with E-state index in [0.29, 0.717) is 13.1 Å². The molecule has 2 amide bonds. The minimum absolute atomic E-state index is 0.0607. The highest BCUT2D eigenvalue weighted by atomic mass is 32.2. The molecule has 6 heteroatoms. The number of furan rings is 1. The lowest BCUT2D eigenvalue weighted by Crippen LogP contribution is -2.31. The molecule has 0 aliphatic heterocycles. The minimum atomic E-state index is -0.304. The SMILES string of the molecule is O=C(CCNC(=O)c1ccco1)NCCCSc1ccccc1. The van der Waals surface area contributed by atoms with Gasteiger partial charge in [0.25, 0.3) is 5.91 Å². The van der Waals surface area contributed by atoms with E-state index in [1.165, 1.54) is 11.2 Å². The average molecular weight is 332 g/mol. The zero-order chi connectivity index (χ0) is 16.3. The van der Waals surface area contributed by atoms with Gasteiger partial charge in [0.05, 0.1) is 6.26 Å². The van der Waals surface area contributed by atoms with Crippen LogP contribution in [0.25, 0.3) is 0 Å². The number of amides is 2. The van der Waals surface area contributed by atoms with Crippen molar-refractivity contribution < 1.29 is 14.0 Å². The summed E-state index contributed by atoms with van der Waals surface area (Å²) in [5.74, 6) is 0.847. The minimum Gasteiger partial charge on any atom is -0.459 e. The molecule has 0 bridgehead atoms. The molecule has 1 heterocycles. The molecule has 0 radical (unpaired) electrons.